The highest BCUT2D eigenvalue weighted by molar-refractivity contribution is 5.71. The molecule has 0 aliphatic heterocycles. The normalized spacial score (nSPS) is 12.1. The summed E-state index contributed by atoms with van der Waals surface area (Å²) in [5.41, 5.74) is 0. The fourth-order valence-corrected chi connectivity index (χ4v) is 10.0. The summed E-state index contributed by atoms with van der Waals surface area (Å²) >= 11 is 0. The van der Waals surface area contributed by atoms with Crippen LogP contribution in [-0.2, 0) is 28.6 Å². The average Bonchev–Trinajstić information content (AvgIpc) is 3.39. The molecule has 0 bridgehead atoms. The third-order valence-electron chi connectivity index (χ3n) is 15.0. The molecule has 0 amide bonds. The average molecular weight is 1030 g/mol. The largest absolute Gasteiger partial charge is 0.462 e. The molecule has 0 aromatic heterocycles. The number of rotatable bonds is 61. The molecule has 1 unspecified atom stereocenters. The van der Waals surface area contributed by atoms with E-state index in [2.05, 4.69) is 45.1 Å². The van der Waals surface area contributed by atoms with Gasteiger partial charge in [-0.3, -0.25) is 14.4 Å². The van der Waals surface area contributed by atoms with Gasteiger partial charge in [0.05, 0.1) is 0 Å². The number of allylic oxidation sites excluding steroid dienone is 4. The quantitative estimate of drug-likeness (QED) is 0.0261. The highest BCUT2D eigenvalue weighted by Gasteiger charge is 2.19. The fraction of sp³-hybridized carbons (Fsp3) is 0.896. The Bertz CT molecular complexity index is 1180. The van der Waals surface area contributed by atoms with Gasteiger partial charge in [-0.1, -0.05) is 321 Å². The van der Waals surface area contributed by atoms with Crippen LogP contribution in [0.3, 0.4) is 0 Å². The molecule has 0 rings (SSSR count). The molecule has 73 heavy (non-hydrogen) atoms. The van der Waals surface area contributed by atoms with Crippen LogP contribution in [0.2, 0.25) is 0 Å². The summed E-state index contributed by atoms with van der Waals surface area (Å²) in [5, 5.41) is 0. The van der Waals surface area contributed by atoms with E-state index in [-0.39, 0.29) is 31.1 Å². The van der Waals surface area contributed by atoms with Crippen molar-refractivity contribution >= 4 is 17.9 Å². The first-order chi connectivity index (χ1) is 36.0. The van der Waals surface area contributed by atoms with Crippen molar-refractivity contribution in [3.05, 3.63) is 24.3 Å². The molecule has 0 N–H and O–H groups in total. The van der Waals surface area contributed by atoms with Crippen LogP contribution in [0, 0.1) is 0 Å². The summed E-state index contributed by atoms with van der Waals surface area (Å²) in [6, 6.07) is 0. The molecule has 430 valence electrons. The van der Waals surface area contributed by atoms with E-state index in [1.807, 2.05) is 0 Å². The van der Waals surface area contributed by atoms with E-state index < -0.39 is 6.10 Å². The molecule has 1 atom stereocenters. The summed E-state index contributed by atoms with van der Waals surface area (Å²) in [5.74, 6) is -0.872. The Morgan fingerprint density at radius 3 is 0.767 bits per heavy atom. The van der Waals surface area contributed by atoms with Crippen LogP contribution in [-0.4, -0.2) is 37.2 Å². The lowest BCUT2D eigenvalue weighted by atomic mass is 10.0. The number of esters is 3. The third kappa shape index (κ3) is 60.6. The lowest BCUT2D eigenvalue weighted by Gasteiger charge is -2.18. The minimum absolute atomic E-state index is 0.0704. The lowest BCUT2D eigenvalue weighted by molar-refractivity contribution is -0.167. The summed E-state index contributed by atoms with van der Waals surface area (Å²) in [7, 11) is 0. The first kappa shape index (κ1) is 70.9. The van der Waals surface area contributed by atoms with Crippen LogP contribution in [0.1, 0.15) is 367 Å². The molecular formula is C67H126O6. The van der Waals surface area contributed by atoms with E-state index in [0.717, 1.165) is 77.0 Å². The summed E-state index contributed by atoms with van der Waals surface area (Å²) in [6.07, 6.45) is 75.5. The molecule has 0 radical (unpaired) electrons. The Kier molecular flexibility index (Phi) is 60.6. The second kappa shape index (κ2) is 62.4. The SMILES string of the molecule is CCCCCC/C=C\C/C=C\CCCCCCCCCC(=O)OC(COC(=O)CCCCCCC)COC(=O)CCCCCCCCCCCCCCCCCCCCCCCCCCCCCCCCCC. The molecule has 0 fully saturated rings. The fourth-order valence-electron chi connectivity index (χ4n) is 10.0. The van der Waals surface area contributed by atoms with Gasteiger partial charge in [0.25, 0.3) is 0 Å². The minimum Gasteiger partial charge on any atom is -0.462 e. The first-order valence-corrected chi connectivity index (χ1v) is 32.8. The van der Waals surface area contributed by atoms with Gasteiger partial charge in [0.2, 0.25) is 0 Å². The molecule has 0 aromatic carbocycles. The Balaban J connectivity index is 3.89. The maximum Gasteiger partial charge on any atom is 0.306 e. The highest BCUT2D eigenvalue weighted by atomic mass is 16.6. The van der Waals surface area contributed by atoms with Gasteiger partial charge >= 0.3 is 17.9 Å². The van der Waals surface area contributed by atoms with Crippen molar-refractivity contribution in [2.45, 2.75) is 374 Å². The predicted molar refractivity (Wildman–Crippen MR) is 316 cm³/mol. The molecule has 6 heteroatoms. The molecule has 0 aliphatic carbocycles. The lowest BCUT2D eigenvalue weighted by Crippen LogP contribution is -2.30. The maximum absolute atomic E-state index is 12.8. The van der Waals surface area contributed by atoms with E-state index >= 15 is 0 Å². The van der Waals surface area contributed by atoms with Gasteiger partial charge in [-0.25, -0.2) is 0 Å². The van der Waals surface area contributed by atoms with Crippen molar-refractivity contribution in [3.8, 4) is 0 Å². The third-order valence-corrected chi connectivity index (χ3v) is 15.0. The zero-order valence-corrected chi connectivity index (χ0v) is 49.4. The van der Waals surface area contributed by atoms with Crippen molar-refractivity contribution < 1.29 is 28.6 Å². The molecule has 0 aromatic rings. The van der Waals surface area contributed by atoms with E-state index in [0.29, 0.717) is 19.3 Å². The molecule has 0 saturated heterocycles. The number of hydrogen-bond donors (Lipinski definition) is 0. The van der Waals surface area contributed by atoms with E-state index in [4.69, 9.17) is 14.2 Å². The topological polar surface area (TPSA) is 78.9 Å². The van der Waals surface area contributed by atoms with Crippen LogP contribution >= 0.6 is 0 Å². The number of carbonyl (C=O) groups excluding carboxylic acids is 3. The van der Waals surface area contributed by atoms with Crippen LogP contribution in [0.25, 0.3) is 0 Å². The number of hydrogen-bond acceptors (Lipinski definition) is 6. The van der Waals surface area contributed by atoms with Crippen molar-refractivity contribution in [1.82, 2.24) is 0 Å². The van der Waals surface area contributed by atoms with Crippen molar-refractivity contribution in [2.75, 3.05) is 13.2 Å². The number of ether oxygens (including phenoxy) is 3. The minimum atomic E-state index is -0.769. The molecule has 0 saturated carbocycles. The van der Waals surface area contributed by atoms with Crippen molar-refractivity contribution in [1.29, 1.82) is 0 Å². The molecule has 0 heterocycles. The van der Waals surface area contributed by atoms with Crippen LogP contribution in [0.5, 0.6) is 0 Å². The maximum atomic E-state index is 12.8. The van der Waals surface area contributed by atoms with Gasteiger partial charge in [0.15, 0.2) is 6.10 Å². The molecular weight excluding hydrogens is 901 g/mol. The van der Waals surface area contributed by atoms with Gasteiger partial charge in [-0.15, -0.1) is 0 Å². The monoisotopic (exact) mass is 1030 g/mol. The standard InChI is InChI=1S/C67H126O6/c1-4-7-10-13-15-17-19-21-23-25-27-28-29-30-31-32-33-34-35-36-37-38-39-40-42-43-45-47-49-51-54-57-60-66(69)72-63-64(62-71-65(68)59-56-53-12-9-6-3)73-67(70)61-58-55-52-50-48-46-44-41-26-24-22-20-18-16-14-11-8-5-2/h18,20,24,26,64H,4-17,19,21-23,25,27-63H2,1-3H3/b20-18-,26-24-. The van der Waals surface area contributed by atoms with Crippen LogP contribution < -0.4 is 0 Å². The number of unbranched alkanes of at least 4 members (excludes halogenated alkanes) is 46. The predicted octanol–water partition coefficient (Wildman–Crippen LogP) is 22.2. The first-order valence-electron chi connectivity index (χ1n) is 32.8. The highest BCUT2D eigenvalue weighted by Crippen LogP contribution is 2.18. The second-order valence-electron chi connectivity index (χ2n) is 22.4. The molecule has 0 aliphatic rings. The molecule has 0 spiro atoms. The van der Waals surface area contributed by atoms with Gasteiger partial charge < -0.3 is 14.2 Å². The summed E-state index contributed by atoms with van der Waals surface area (Å²) in [4.78, 5) is 37.9. The van der Waals surface area contributed by atoms with Crippen LogP contribution in [0.4, 0.5) is 0 Å². The van der Waals surface area contributed by atoms with Gasteiger partial charge in [0.1, 0.15) is 13.2 Å². The smallest absolute Gasteiger partial charge is 0.306 e. The summed E-state index contributed by atoms with van der Waals surface area (Å²) in [6.45, 7) is 6.59. The van der Waals surface area contributed by atoms with E-state index in [1.165, 1.54) is 250 Å². The van der Waals surface area contributed by atoms with Gasteiger partial charge in [-0.05, 0) is 51.4 Å². The Morgan fingerprint density at radius 2 is 0.493 bits per heavy atom. The summed E-state index contributed by atoms with van der Waals surface area (Å²) < 4.78 is 16.8. The zero-order valence-electron chi connectivity index (χ0n) is 49.4. The van der Waals surface area contributed by atoms with Gasteiger partial charge in [-0.2, -0.15) is 0 Å². The Morgan fingerprint density at radius 1 is 0.274 bits per heavy atom. The molecule has 6 nitrogen and oxygen atoms in total. The van der Waals surface area contributed by atoms with E-state index in [9.17, 15) is 14.4 Å². The van der Waals surface area contributed by atoms with Crippen LogP contribution in [0.15, 0.2) is 24.3 Å². The van der Waals surface area contributed by atoms with Crippen molar-refractivity contribution in [3.63, 3.8) is 0 Å². The van der Waals surface area contributed by atoms with Gasteiger partial charge in [0, 0.05) is 19.3 Å². The Hall–Kier alpha value is -2.11. The van der Waals surface area contributed by atoms with Crippen molar-refractivity contribution in [2.24, 2.45) is 0 Å². The van der Waals surface area contributed by atoms with E-state index in [1.54, 1.807) is 0 Å². The zero-order chi connectivity index (χ0) is 52.9. The second-order valence-corrected chi connectivity index (χ2v) is 22.4. The Labute approximate surface area is 455 Å². The number of carbonyl (C=O) groups is 3.